The predicted molar refractivity (Wildman–Crippen MR) is 146 cm³/mol. The van der Waals surface area contributed by atoms with E-state index < -0.39 is 0 Å². The number of rotatable bonds is 6. The lowest BCUT2D eigenvalue weighted by Gasteiger charge is -2.26. The first-order valence-corrected chi connectivity index (χ1v) is 13.2. The maximum Gasteiger partial charge on any atom is 0.282 e. The number of benzene rings is 3. The van der Waals surface area contributed by atoms with Crippen molar-refractivity contribution in [3.8, 4) is 0 Å². The van der Waals surface area contributed by atoms with Crippen molar-refractivity contribution in [3.63, 3.8) is 0 Å². The van der Waals surface area contributed by atoms with Gasteiger partial charge in [-0.1, -0.05) is 30.3 Å². The van der Waals surface area contributed by atoms with Crippen LogP contribution in [0.3, 0.4) is 0 Å². The highest BCUT2D eigenvalue weighted by Gasteiger charge is 2.71. The lowest BCUT2D eigenvalue weighted by Crippen LogP contribution is -2.34. The van der Waals surface area contributed by atoms with Gasteiger partial charge in [0.2, 0.25) is 0 Å². The number of carbonyl (C=O) groups is 1. The van der Waals surface area contributed by atoms with Gasteiger partial charge in [0.05, 0.1) is 0 Å². The molecular formula is C30H27FN4OS. The number of fused-ring (bicyclic) bond motifs is 1. The Balaban J connectivity index is 1.38. The Morgan fingerprint density at radius 2 is 1.92 bits per heavy atom. The van der Waals surface area contributed by atoms with Gasteiger partial charge in [-0.05, 0) is 72.9 Å². The summed E-state index contributed by atoms with van der Waals surface area (Å²) in [5, 5.41) is 12.0. The zero-order valence-corrected chi connectivity index (χ0v) is 21.5. The molecule has 5 nitrogen and oxygen atoms in total. The molecule has 1 aliphatic carbocycles. The predicted octanol–water partition coefficient (Wildman–Crippen LogP) is 6.45. The SMILES string of the molecule is Cc1cnc(C(=O)N2C[C@H]3[C@H](c4ccccc4)[C@@]3(c3cc(C=N)c(Nc4ccc(F)cc4)cc3C)C2)s1. The first-order chi connectivity index (χ1) is 17.9. The van der Waals surface area contributed by atoms with Crippen LogP contribution in [0.15, 0.2) is 72.9 Å². The third-order valence-corrected chi connectivity index (χ3v) is 8.71. The van der Waals surface area contributed by atoms with Crippen LogP contribution < -0.4 is 5.32 Å². The van der Waals surface area contributed by atoms with Gasteiger partial charge >= 0.3 is 0 Å². The maximum absolute atomic E-state index is 13.4. The molecule has 0 unspecified atom stereocenters. The fraction of sp³-hybridized carbons (Fsp3) is 0.233. The Morgan fingerprint density at radius 1 is 1.16 bits per heavy atom. The van der Waals surface area contributed by atoms with Gasteiger partial charge in [-0.2, -0.15) is 0 Å². The summed E-state index contributed by atoms with van der Waals surface area (Å²) in [4.78, 5) is 20.7. The molecule has 2 aliphatic rings. The molecule has 1 aromatic heterocycles. The van der Waals surface area contributed by atoms with Crippen molar-refractivity contribution in [2.75, 3.05) is 18.4 Å². The zero-order chi connectivity index (χ0) is 25.7. The van der Waals surface area contributed by atoms with Gasteiger partial charge in [-0.25, -0.2) is 9.37 Å². The van der Waals surface area contributed by atoms with E-state index in [0.29, 0.717) is 29.9 Å². The van der Waals surface area contributed by atoms with Crippen molar-refractivity contribution in [1.82, 2.24) is 9.88 Å². The van der Waals surface area contributed by atoms with Crippen LogP contribution in [0.1, 0.15) is 42.9 Å². The monoisotopic (exact) mass is 510 g/mol. The molecule has 2 fully saturated rings. The minimum atomic E-state index is -0.288. The highest BCUT2D eigenvalue weighted by molar-refractivity contribution is 7.13. The molecule has 1 saturated carbocycles. The molecule has 4 aromatic rings. The molecule has 1 aliphatic heterocycles. The molecular weight excluding hydrogens is 483 g/mol. The van der Waals surface area contributed by atoms with Gasteiger partial charge in [0.1, 0.15) is 5.82 Å². The zero-order valence-electron chi connectivity index (χ0n) is 20.7. The molecule has 0 radical (unpaired) electrons. The molecule has 0 spiro atoms. The number of anilines is 2. The van der Waals surface area contributed by atoms with E-state index in [9.17, 15) is 9.18 Å². The lowest BCUT2D eigenvalue weighted by atomic mass is 9.85. The second kappa shape index (κ2) is 8.92. The number of carbonyl (C=O) groups excluding carboxylic acids is 1. The fourth-order valence-electron chi connectivity index (χ4n) is 6.15. The summed E-state index contributed by atoms with van der Waals surface area (Å²) in [6.07, 6.45) is 3.11. The number of piperidine rings is 1. The Hall–Kier alpha value is -3.84. The van der Waals surface area contributed by atoms with E-state index in [2.05, 4.69) is 53.6 Å². The summed E-state index contributed by atoms with van der Waals surface area (Å²) in [7, 11) is 0. The van der Waals surface area contributed by atoms with Crippen molar-refractivity contribution in [1.29, 1.82) is 5.41 Å². The fourth-order valence-corrected chi connectivity index (χ4v) is 6.88. The largest absolute Gasteiger partial charge is 0.355 e. The Kier molecular flexibility index (Phi) is 5.68. The summed E-state index contributed by atoms with van der Waals surface area (Å²) in [6, 6.07) is 20.9. The number of halogens is 1. The number of hydrogen-bond acceptors (Lipinski definition) is 5. The quantitative estimate of drug-likeness (QED) is 0.293. The van der Waals surface area contributed by atoms with Crippen LogP contribution in [0.2, 0.25) is 0 Å². The number of nitrogens with zero attached hydrogens (tertiary/aromatic N) is 2. The Morgan fingerprint density at radius 3 is 2.59 bits per heavy atom. The van der Waals surface area contributed by atoms with Crippen molar-refractivity contribution in [3.05, 3.63) is 111 Å². The van der Waals surface area contributed by atoms with E-state index in [1.54, 1.807) is 18.3 Å². The van der Waals surface area contributed by atoms with Crippen LogP contribution in [0.5, 0.6) is 0 Å². The van der Waals surface area contributed by atoms with E-state index in [1.165, 1.54) is 40.8 Å². The van der Waals surface area contributed by atoms with Gasteiger partial charge in [0, 0.05) is 58.6 Å². The Bertz CT molecular complexity index is 1500. The number of nitrogens with one attached hydrogen (secondary N) is 2. The van der Waals surface area contributed by atoms with Crippen molar-refractivity contribution in [2.45, 2.75) is 25.2 Å². The minimum absolute atomic E-state index is 0.00369. The molecule has 3 atom stereocenters. The van der Waals surface area contributed by atoms with Crippen molar-refractivity contribution >= 4 is 34.8 Å². The smallest absolute Gasteiger partial charge is 0.282 e. The number of amides is 1. The van der Waals surface area contributed by atoms with Gasteiger partial charge < -0.3 is 15.6 Å². The Labute approximate surface area is 219 Å². The molecule has 1 saturated heterocycles. The summed E-state index contributed by atoms with van der Waals surface area (Å²) in [6.45, 7) is 5.37. The normalized spacial score (nSPS) is 22.0. The molecule has 6 rings (SSSR count). The summed E-state index contributed by atoms with van der Waals surface area (Å²) >= 11 is 1.44. The van der Waals surface area contributed by atoms with Crippen molar-refractivity contribution in [2.24, 2.45) is 5.92 Å². The van der Waals surface area contributed by atoms with Crippen LogP contribution in [0.25, 0.3) is 0 Å². The highest BCUT2D eigenvalue weighted by Crippen LogP contribution is 2.70. The highest BCUT2D eigenvalue weighted by atomic mass is 32.1. The first-order valence-electron chi connectivity index (χ1n) is 12.4. The minimum Gasteiger partial charge on any atom is -0.355 e. The maximum atomic E-state index is 13.4. The topological polar surface area (TPSA) is 69.1 Å². The molecule has 2 heterocycles. The van der Waals surface area contributed by atoms with Crippen LogP contribution in [0, 0.1) is 31.0 Å². The molecule has 0 bridgehead atoms. The van der Waals surface area contributed by atoms with E-state index in [-0.39, 0.29) is 17.1 Å². The van der Waals surface area contributed by atoms with Crippen LogP contribution in [-0.2, 0) is 5.41 Å². The number of aryl methyl sites for hydroxylation is 2. The lowest BCUT2D eigenvalue weighted by molar-refractivity contribution is 0.0768. The number of hydrogen-bond donors (Lipinski definition) is 2. The van der Waals surface area contributed by atoms with Gasteiger partial charge in [-0.3, -0.25) is 4.79 Å². The number of thiazole rings is 1. The molecule has 186 valence electrons. The molecule has 7 heteroatoms. The van der Waals surface area contributed by atoms with Crippen LogP contribution in [-0.4, -0.2) is 35.1 Å². The van der Waals surface area contributed by atoms with E-state index in [1.807, 2.05) is 17.9 Å². The third-order valence-electron chi connectivity index (χ3n) is 7.81. The second-order valence-corrected chi connectivity index (χ2v) is 11.3. The van der Waals surface area contributed by atoms with Gasteiger partial charge in [0.25, 0.3) is 5.91 Å². The second-order valence-electron chi connectivity index (χ2n) is 10.0. The van der Waals surface area contributed by atoms with E-state index in [4.69, 9.17) is 5.41 Å². The van der Waals surface area contributed by atoms with Crippen molar-refractivity contribution < 1.29 is 9.18 Å². The third kappa shape index (κ3) is 3.94. The standard InChI is InChI=1S/C30H27FN4OS/c1-18-12-26(34-23-10-8-22(31)9-11-23)21(14-32)13-24(18)30-17-35(29(36)28-33-15-19(2)37-28)16-25(30)27(30)20-6-4-3-5-7-20/h3-15,25,27,32,34H,16-17H2,1-2H3/t25-,27-,30+/m0/s1. The molecule has 3 aromatic carbocycles. The molecule has 37 heavy (non-hydrogen) atoms. The first kappa shape index (κ1) is 23.6. The summed E-state index contributed by atoms with van der Waals surface area (Å²) in [5.41, 5.74) is 5.69. The van der Waals surface area contributed by atoms with Gasteiger partial charge in [-0.15, -0.1) is 11.3 Å². The van der Waals surface area contributed by atoms with E-state index in [0.717, 1.165) is 27.4 Å². The molecule has 2 N–H and O–H groups in total. The summed E-state index contributed by atoms with van der Waals surface area (Å²) < 4.78 is 13.4. The number of likely N-dealkylation sites (tertiary alicyclic amines) is 1. The van der Waals surface area contributed by atoms with Crippen LogP contribution >= 0.6 is 11.3 Å². The number of aromatic nitrogens is 1. The average Bonchev–Trinajstić information content (AvgIpc) is 3.17. The summed E-state index contributed by atoms with van der Waals surface area (Å²) in [5.74, 6) is 0.316. The molecule has 1 amide bonds. The average molecular weight is 511 g/mol. The van der Waals surface area contributed by atoms with E-state index >= 15 is 0 Å². The van der Waals surface area contributed by atoms with Crippen LogP contribution in [0.4, 0.5) is 15.8 Å². The van der Waals surface area contributed by atoms with Gasteiger partial charge in [0.15, 0.2) is 5.01 Å².